The van der Waals surface area contributed by atoms with Gasteiger partial charge in [0.1, 0.15) is 6.61 Å². The smallest absolute Gasteiger partial charge is 0.339 e. The number of carbonyl (C=O) groups excluding carboxylic acids is 2. The van der Waals surface area contributed by atoms with Gasteiger partial charge in [0.25, 0.3) is 0 Å². The molecule has 0 fully saturated rings. The third-order valence-electron chi connectivity index (χ3n) is 3.09. The quantitative estimate of drug-likeness (QED) is 0.478. The molecule has 2 aromatic rings. The summed E-state index contributed by atoms with van der Waals surface area (Å²) in [5.41, 5.74) is 1.96. The van der Waals surface area contributed by atoms with Gasteiger partial charge in [0.15, 0.2) is 5.78 Å². The summed E-state index contributed by atoms with van der Waals surface area (Å²) in [6.45, 7) is 5.43. The fourth-order valence-corrected chi connectivity index (χ4v) is 2.09. The molecule has 0 saturated carbocycles. The molecule has 0 saturated heterocycles. The first-order valence-electron chi connectivity index (χ1n) is 6.62. The fraction of sp³-hybridized carbons (Fsp3) is 0.111. The molecule has 0 aliphatic carbocycles. The second-order valence-corrected chi connectivity index (χ2v) is 4.58. The second-order valence-electron chi connectivity index (χ2n) is 4.58. The molecule has 0 aliphatic rings. The van der Waals surface area contributed by atoms with Crippen LogP contribution < -0.4 is 0 Å². The number of hydrogen-bond acceptors (Lipinski definition) is 3. The van der Waals surface area contributed by atoms with Crippen molar-refractivity contribution in [2.24, 2.45) is 0 Å². The Morgan fingerprint density at radius 2 is 1.81 bits per heavy atom. The van der Waals surface area contributed by atoms with E-state index in [4.69, 9.17) is 4.74 Å². The van der Waals surface area contributed by atoms with Crippen LogP contribution >= 0.6 is 0 Å². The lowest BCUT2D eigenvalue weighted by molar-refractivity contribution is 0.0546. The van der Waals surface area contributed by atoms with E-state index in [2.05, 4.69) is 6.58 Å². The zero-order chi connectivity index (χ0) is 15.2. The van der Waals surface area contributed by atoms with Crippen LogP contribution in [0, 0.1) is 6.92 Å². The van der Waals surface area contributed by atoms with Gasteiger partial charge in [-0.05, 0) is 18.6 Å². The summed E-state index contributed by atoms with van der Waals surface area (Å²) in [5, 5.41) is 0. The highest BCUT2D eigenvalue weighted by molar-refractivity contribution is 6.15. The normalized spacial score (nSPS) is 9.95. The number of esters is 1. The van der Waals surface area contributed by atoms with E-state index in [0.29, 0.717) is 11.1 Å². The van der Waals surface area contributed by atoms with Crippen molar-refractivity contribution >= 4 is 11.8 Å². The first kappa shape index (κ1) is 14.7. The highest BCUT2D eigenvalue weighted by Gasteiger charge is 2.21. The molecule has 0 bridgehead atoms. The summed E-state index contributed by atoms with van der Waals surface area (Å²) in [4.78, 5) is 24.7. The maximum atomic E-state index is 12.6. The summed E-state index contributed by atoms with van der Waals surface area (Å²) >= 11 is 0. The first-order chi connectivity index (χ1) is 10.1. The van der Waals surface area contributed by atoms with E-state index in [1.807, 2.05) is 6.07 Å². The maximum absolute atomic E-state index is 12.6. The van der Waals surface area contributed by atoms with E-state index >= 15 is 0 Å². The van der Waals surface area contributed by atoms with Crippen molar-refractivity contribution < 1.29 is 14.3 Å². The number of carbonyl (C=O) groups is 2. The number of benzene rings is 2. The number of ketones is 1. The predicted octanol–water partition coefficient (Wildman–Crippen LogP) is 3.57. The van der Waals surface area contributed by atoms with Gasteiger partial charge in [0.2, 0.25) is 0 Å². The third-order valence-corrected chi connectivity index (χ3v) is 3.09. The van der Waals surface area contributed by atoms with Gasteiger partial charge in [-0.2, -0.15) is 0 Å². The average molecular weight is 280 g/mol. The lowest BCUT2D eigenvalue weighted by Gasteiger charge is -2.11. The fourth-order valence-electron chi connectivity index (χ4n) is 2.09. The van der Waals surface area contributed by atoms with Crippen molar-refractivity contribution in [3.05, 3.63) is 83.4 Å². The molecule has 106 valence electrons. The van der Waals surface area contributed by atoms with Crippen molar-refractivity contribution in [2.75, 3.05) is 6.61 Å². The summed E-state index contributed by atoms with van der Waals surface area (Å²) in [5.74, 6) is -0.697. The molecule has 0 unspecified atom stereocenters. The molecule has 0 heterocycles. The molecule has 0 N–H and O–H groups in total. The van der Waals surface area contributed by atoms with E-state index in [-0.39, 0.29) is 18.0 Å². The Bertz CT molecular complexity index is 672. The van der Waals surface area contributed by atoms with Crippen LogP contribution in [0.5, 0.6) is 0 Å². The molecule has 0 radical (unpaired) electrons. The minimum absolute atomic E-state index is 0.117. The highest BCUT2D eigenvalue weighted by Crippen LogP contribution is 2.19. The lowest BCUT2D eigenvalue weighted by Crippen LogP contribution is -2.14. The van der Waals surface area contributed by atoms with Crippen molar-refractivity contribution in [2.45, 2.75) is 6.92 Å². The zero-order valence-corrected chi connectivity index (χ0v) is 11.8. The zero-order valence-electron chi connectivity index (χ0n) is 11.8. The van der Waals surface area contributed by atoms with Gasteiger partial charge in [-0.3, -0.25) is 4.79 Å². The largest absolute Gasteiger partial charge is 0.458 e. The van der Waals surface area contributed by atoms with Crippen LogP contribution in [0.25, 0.3) is 0 Å². The maximum Gasteiger partial charge on any atom is 0.339 e. The SMILES string of the molecule is C=CCOC(=O)c1cccc(C)c1C(=O)c1ccccc1. The minimum atomic E-state index is -0.516. The Morgan fingerprint density at radius 3 is 2.48 bits per heavy atom. The van der Waals surface area contributed by atoms with Gasteiger partial charge < -0.3 is 4.74 Å². The molecular weight excluding hydrogens is 264 g/mol. The number of rotatable bonds is 5. The molecule has 3 heteroatoms. The van der Waals surface area contributed by atoms with Crippen molar-refractivity contribution in [1.82, 2.24) is 0 Å². The Balaban J connectivity index is 2.45. The van der Waals surface area contributed by atoms with Crippen LogP contribution in [0.4, 0.5) is 0 Å². The average Bonchev–Trinajstić information content (AvgIpc) is 2.52. The Morgan fingerprint density at radius 1 is 1.10 bits per heavy atom. The molecule has 3 nitrogen and oxygen atoms in total. The molecule has 0 aromatic heterocycles. The standard InChI is InChI=1S/C18H16O3/c1-3-12-21-18(20)15-11-7-8-13(2)16(15)17(19)14-9-5-4-6-10-14/h3-11H,1,12H2,2H3. The van der Waals surface area contributed by atoms with E-state index in [9.17, 15) is 9.59 Å². The van der Waals surface area contributed by atoms with Crippen LogP contribution in [0.1, 0.15) is 31.8 Å². The molecule has 0 spiro atoms. The molecule has 0 amide bonds. The van der Waals surface area contributed by atoms with Crippen LogP contribution in [0.15, 0.2) is 61.2 Å². The van der Waals surface area contributed by atoms with Crippen molar-refractivity contribution in [3.8, 4) is 0 Å². The Hall–Kier alpha value is -2.68. The van der Waals surface area contributed by atoms with Gasteiger partial charge in [-0.25, -0.2) is 4.79 Å². The van der Waals surface area contributed by atoms with Crippen LogP contribution in [0.2, 0.25) is 0 Å². The first-order valence-corrected chi connectivity index (χ1v) is 6.62. The van der Waals surface area contributed by atoms with Gasteiger partial charge in [0.05, 0.1) is 5.56 Å². The molecule has 21 heavy (non-hydrogen) atoms. The Labute approximate surface area is 123 Å². The molecule has 2 aromatic carbocycles. The van der Waals surface area contributed by atoms with E-state index in [0.717, 1.165) is 5.56 Å². The topological polar surface area (TPSA) is 43.4 Å². The van der Waals surface area contributed by atoms with Gasteiger partial charge >= 0.3 is 5.97 Å². The third kappa shape index (κ3) is 3.26. The van der Waals surface area contributed by atoms with Gasteiger partial charge in [-0.1, -0.05) is 55.1 Å². The predicted molar refractivity (Wildman–Crippen MR) is 81.5 cm³/mol. The van der Waals surface area contributed by atoms with Crippen molar-refractivity contribution in [3.63, 3.8) is 0 Å². The monoisotopic (exact) mass is 280 g/mol. The second kappa shape index (κ2) is 6.66. The highest BCUT2D eigenvalue weighted by atomic mass is 16.5. The van der Waals surface area contributed by atoms with Crippen LogP contribution in [-0.4, -0.2) is 18.4 Å². The van der Waals surface area contributed by atoms with Crippen molar-refractivity contribution in [1.29, 1.82) is 0 Å². The number of ether oxygens (including phenoxy) is 1. The van der Waals surface area contributed by atoms with E-state index in [1.54, 1.807) is 49.4 Å². The molecular formula is C18H16O3. The lowest BCUT2D eigenvalue weighted by atomic mass is 9.94. The summed E-state index contributed by atoms with van der Waals surface area (Å²) in [6, 6.07) is 14.0. The van der Waals surface area contributed by atoms with E-state index in [1.165, 1.54) is 6.08 Å². The number of aryl methyl sites for hydroxylation is 1. The molecule has 0 atom stereocenters. The van der Waals surface area contributed by atoms with Crippen LogP contribution in [0.3, 0.4) is 0 Å². The molecule has 2 rings (SSSR count). The van der Waals surface area contributed by atoms with Gasteiger partial charge in [0, 0.05) is 11.1 Å². The summed E-state index contributed by atoms with van der Waals surface area (Å²) in [6.07, 6.45) is 1.49. The molecule has 0 aliphatic heterocycles. The minimum Gasteiger partial charge on any atom is -0.458 e. The Kier molecular flexibility index (Phi) is 4.67. The van der Waals surface area contributed by atoms with Crippen LogP contribution in [-0.2, 0) is 4.74 Å². The number of hydrogen-bond donors (Lipinski definition) is 0. The summed E-state index contributed by atoms with van der Waals surface area (Å²) < 4.78 is 5.05. The van der Waals surface area contributed by atoms with Gasteiger partial charge in [-0.15, -0.1) is 0 Å². The summed E-state index contributed by atoms with van der Waals surface area (Å²) in [7, 11) is 0. The van der Waals surface area contributed by atoms with E-state index < -0.39 is 5.97 Å².